The summed E-state index contributed by atoms with van der Waals surface area (Å²) in [5, 5.41) is 0. The van der Waals surface area contributed by atoms with E-state index in [0.29, 0.717) is 10.7 Å². The van der Waals surface area contributed by atoms with Crippen molar-refractivity contribution in [2.45, 2.75) is 50.3 Å². The molecule has 0 amide bonds. The standard InChI is InChI=1S/C18H27BrO2/c1-12-6-8-14(16(19)10-12)18(2,3)15-11-13(20-4)7-9-17(15)21-5/h7,9,11-12,14,16H,6,8,10H2,1-5H3. The first-order chi connectivity index (χ1) is 9.90. The molecule has 1 aromatic rings. The van der Waals surface area contributed by atoms with Crippen LogP contribution in [0.25, 0.3) is 0 Å². The van der Waals surface area contributed by atoms with Crippen molar-refractivity contribution in [3.05, 3.63) is 23.8 Å². The Morgan fingerprint density at radius 2 is 1.86 bits per heavy atom. The molecule has 1 fully saturated rings. The molecular formula is C18H27BrO2. The molecule has 21 heavy (non-hydrogen) atoms. The Hall–Kier alpha value is -0.700. The molecular weight excluding hydrogens is 328 g/mol. The van der Waals surface area contributed by atoms with Crippen LogP contribution in [0.1, 0.15) is 45.6 Å². The van der Waals surface area contributed by atoms with Crippen LogP contribution >= 0.6 is 15.9 Å². The van der Waals surface area contributed by atoms with Gasteiger partial charge in [-0.2, -0.15) is 0 Å². The van der Waals surface area contributed by atoms with E-state index in [0.717, 1.165) is 17.4 Å². The molecule has 0 saturated heterocycles. The second-order valence-electron chi connectivity index (χ2n) is 6.83. The summed E-state index contributed by atoms with van der Waals surface area (Å²) < 4.78 is 11.0. The van der Waals surface area contributed by atoms with Crippen LogP contribution in [0, 0.1) is 11.8 Å². The third kappa shape index (κ3) is 3.39. The van der Waals surface area contributed by atoms with Crippen molar-refractivity contribution in [3.63, 3.8) is 0 Å². The number of halogens is 1. The van der Waals surface area contributed by atoms with Gasteiger partial charge >= 0.3 is 0 Å². The van der Waals surface area contributed by atoms with Gasteiger partial charge in [0.05, 0.1) is 14.2 Å². The molecule has 2 nitrogen and oxygen atoms in total. The van der Waals surface area contributed by atoms with Gasteiger partial charge in [0.25, 0.3) is 0 Å². The molecule has 0 heterocycles. The Balaban J connectivity index is 2.38. The molecule has 0 N–H and O–H groups in total. The summed E-state index contributed by atoms with van der Waals surface area (Å²) in [7, 11) is 3.46. The minimum atomic E-state index is 0.0498. The first-order valence-corrected chi connectivity index (χ1v) is 8.68. The molecule has 0 aromatic heterocycles. The van der Waals surface area contributed by atoms with Crippen LogP contribution in [0.15, 0.2) is 18.2 Å². The number of methoxy groups -OCH3 is 2. The fraction of sp³-hybridized carbons (Fsp3) is 0.667. The highest BCUT2D eigenvalue weighted by atomic mass is 79.9. The Morgan fingerprint density at radius 3 is 2.43 bits per heavy atom. The summed E-state index contributed by atoms with van der Waals surface area (Å²) in [4.78, 5) is 0.562. The molecule has 0 bridgehead atoms. The fourth-order valence-corrected chi connectivity index (χ4v) is 5.21. The second-order valence-corrected chi connectivity index (χ2v) is 8.00. The van der Waals surface area contributed by atoms with Crippen molar-refractivity contribution in [2.24, 2.45) is 11.8 Å². The third-order valence-electron chi connectivity index (χ3n) is 5.06. The molecule has 1 aliphatic carbocycles. The smallest absolute Gasteiger partial charge is 0.122 e. The summed E-state index contributed by atoms with van der Waals surface area (Å²) in [5.41, 5.74) is 1.29. The lowest BCUT2D eigenvalue weighted by atomic mass is 9.65. The molecule has 2 rings (SSSR count). The van der Waals surface area contributed by atoms with Gasteiger partial charge in [0.15, 0.2) is 0 Å². The maximum atomic E-state index is 5.61. The van der Waals surface area contributed by atoms with Crippen LogP contribution in [0.3, 0.4) is 0 Å². The van der Waals surface area contributed by atoms with Crippen LogP contribution in [0.5, 0.6) is 11.5 Å². The third-order valence-corrected chi connectivity index (χ3v) is 6.07. The molecule has 118 valence electrons. The van der Waals surface area contributed by atoms with Crippen molar-refractivity contribution < 1.29 is 9.47 Å². The summed E-state index contributed by atoms with van der Waals surface area (Å²) >= 11 is 3.94. The lowest BCUT2D eigenvalue weighted by Crippen LogP contribution is -2.38. The Labute approximate surface area is 137 Å². The predicted molar refractivity (Wildman–Crippen MR) is 91.8 cm³/mol. The lowest BCUT2D eigenvalue weighted by molar-refractivity contribution is 0.209. The van der Waals surface area contributed by atoms with Crippen molar-refractivity contribution in [3.8, 4) is 11.5 Å². The highest BCUT2D eigenvalue weighted by Gasteiger charge is 2.40. The number of hydrogen-bond donors (Lipinski definition) is 0. The normalized spacial score (nSPS) is 26.5. The van der Waals surface area contributed by atoms with E-state index >= 15 is 0 Å². The molecule has 1 aliphatic rings. The Kier molecular flexibility index (Phi) is 5.24. The van der Waals surface area contributed by atoms with E-state index < -0.39 is 0 Å². The zero-order valence-corrected chi connectivity index (χ0v) is 15.4. The molecule has 3 heteroatoms. The first kappa shape index (κ1) is 16.7. The predicted octanol–water partition coefficient (Wildman–Crippen LogP) is 5.18. The van der Waals surface area contributed by atoms with E-state index in [9.17, 15) is 0 Å². The van der Waals surface area contributed by atoms with Gasteiger partial charge in [0, 0.05) is 10.4 Å². The van der Waals surface area contributed by atoms with Gasteiger partial charge in [-0.05, 0) is 48.3 Å². The Bertz CT molecular complexity index is 484. The van der Waals surface area contributed by atoms with Gasteiger partial charge < -0.3 is 9.47 Å². The highest BCUT2D eigenvalue weighted by molar-refractivity contribution is 9.09. The quantitative estimate of drug-likeness (QED) is 0.693. The summed E-state index contributed by atoms with van der Waals surface area (Å²) in [6, 6.07) is 6.12. The van der Waals surface area contributed by atoms with Crippen molar-refractivity contribution in [2.75, 3.05) is 14.2 Å². The zero-order chi connectivity index (χ0) is 15.6. The number of hydrogen-bond acceptors (Lipinski definition) is 2. The number of rotatable bonds is 4. The van der Waals surface area contributed by atoms with Gasteiger partial charge in [-0.1, -0.05) is 43.1 Å². The molecule has 3 atom stereocenters. The van der Waals surface area contributed by atoms with Crippen LogP contribution in [0.2, 0.25) is 0 Å². The highest BCUT2D eigenvalue weighted by Crippen LogP contribution is 2.48. The fourth-order valence-electron chi connectivity index (χ4n) is 3.64. The molecule has 0 aliphatic heterocycles. The SMILES string of the molecule is COc1ccc(OC)c(C(C)(C)C2CCC(C)CC2Br)c1. The molecule has 0 radical (unpaired) electrons. The molecule has 0 spiro atoms. The number of ether oxygens (including phenoxy) is 2. The van der Waals surface area contributed by atoms with Crippen molar-refractivity contribution in [1.82, 2.24) is 0 Å². The van der Waals surface area contributed by atoms with Gasteiger partial charge in [-0.3, -0.25) is 0 Å². The minimum absolute atomic E-state index is 0.0498. The molecule has 1 aromatic carbocycles. The summed E-state index contributed by atoms with van der Waals surface area (Å²) in [6.45, 7) is 7.02. The van der Waals surface area contributed by atoms with Gasteiger partial charge in [0.2, 0.25) is 0 Å². The van der Waals surface area contributed by atoms with E-state index in [1.165, 1.54) is 24.8 Å². The molecule has 1 saturated carbocycles. The second kappa shape index (κ2) is 6.60. The first-order valence-electron chi connectivity index (χ1n) is 7.76. The van der Waals surface area contributed by atoms with E-state index in [2.05, 4.69) is 42.8 Å². The monoisotopic (exact) mass is 354 g/mol. The maximum Gasteiger partial charge on any atom is 0.122 e. The van der Waals surface area contributed by atoms with Crippen molar-refractivity contribution in [1.29, 1.82) is 0 Å². The van der Waals surface area contributed by atoms with E-state index in [-0.39, 0.29) is 5.41 Å². The molecule has 3 unspecified atom stereocenters. The number of alkyl halides is 1. The van der Waals surface area contributed by atoms with Crippen LogP contribution in [-0.4, -0.2) is 19.0 Å². The number of benzene rings is 1. The minimum Gasteiger partial charge on any atom is -0.497 e. The van der Waals surface area contributed by atoms with E-state index in [1.807, 2.05) is 12.1 Å². The Morgan fingerprint density at radius 1 is 1.14 bits per heavy atom. The summed E-state index contributed by atoms with van der Waals surface area (Å²) in [5.74, 6) is 3.27. The van der Waals surface area contributed by atoms with E-state index in [4.69, 9.17) is 9.47 Å². The topological polar surface area (TPSA) is 18.5 Å². The van der Waals surface area contributed by atoms with Gasteiger partial charge in [0.1, 0.15) is 11.5 Å². The average Bonchev–Trinajstić information content (AvgIpc) is 2.46. The van der Waals surface area contributed by atoms with Gasteiger partial charge in [-0.15, -0.1) is 0 Å². The van der Waals surface area contributed by atoms with Crippen LogP contribution < -0.4 is 9.47 Å². The van der Waals surface area contributed by atoms with Crippen molar-refractivity contribution >= 4 is 15.9 Å². The van der Waals surface area contributed by atoms with Crippen LogP contribution in [0.4, 0.5) is 0 Å². The van der Waals surface area contributed by atoms with E-state index in [1.54, 1.807) is 14.2 Å². The maximum absolute atomic E-state index is 5.61. The van der Waals surface area contributed by atoms with Gasteiger partial charge in [-0.25, -0.2) is 0 Å². The summed E-state index contributed by atoms with van der Waals surface area (Å²) in [6.07, 6.45) is 3.81. The van der Waals surface area contributed by atoms with Crippen LogP contribution in [-0.2, 0) is 5.41 Å². The lowest BCUT2D eigenvalue weighted by Gasteiger charge is -2.43. The largest absolute Gasteiger partial charge is 0.497 e. The average molecular weight is 355 g/mol. The zero-order valence-electron chi connectivity index (χ0n) is 13.8.